The highest BCUT2D eigenvalue weighted by Crippen LogP contribution is 2.20. The van der Waals surface area contributed by atoms with Crippen LogP contribution in [0.25, 0.3) is 0 Å². The lowest BCUT2D eigenvalue weighted by molar-refractivity contribution is -0.130. The molecule has 9 heteroatoms. The van der Waals surface area contributed by atoms with Crippen molar-refractivity contribution in [3.8, 4) is 0 Å². The van der Waals surface area contributed by atoms with Crippen molar-refractivity contribution in [1.29, 1.82) is 0 Å². The van der Waals surface area contributed by atoms with Crippen molar-refractivity contribution in [2.24, 2.45) is 4.99 Å². The molecule has 0 aromatic heterocycles. The summed E-state index contributed by atoms with van der Waals surface area (Å²) in [6.45, 7) is 10.00. The van der Waals surface area contributed by atoms with Crippen LogP contribution in [0.1, 0.15) is 6.92 Å². The Morgan fingerprint density at radius 2 is 1.66 bits per heavy atom. The monoisotopic (exact) mass is 518 g/mol. The molecule has 2 aliphatic heterocycles. The van der Waals surface area contributed by atoms with E-state index in [1.54, 1.807) is 20.0 Å². The maximum atomic E-state index is 14.0. The lowest BCUT2D eigenvalue weighted by Crippen LogP contribution is -2.54. The average molecular weight is 518 g/mol. The number of nitrogens with one attached hydrogen (secondary N) is 1. The quantitative estimate of drug-likeness (QED) is 0.370. The minimum Gasteiger partial charge on any atom is -0.366 e. The molecule has 29 heavy (non-hydrogen) atoms. The normalized spacial score (nSPS) is 18.4. The highest BCUT2D eigenvalue weighted by atomic mass is 127. The number of anilines is 1. The molecule has 0 unspecified atom stereocenters. The summed E-state index contributed by atoms with van der Waals surface area (Å²) in [6, 6.07) is 6.95. The van der Waals surface area contributed by atoms with E-state index in [1.165, 1.54) is 6.07 Å². The predicted molar refractivity (Wildman–Crippen MR) is 126 cm³/mol. The Kier molecular flexibility index (Phi) is 9.41. The van der Waals surface area contributed by atoms with Gasteiger partial charge in [0.15, 0.2) is 5.96 Å². The molecule has 0 radical (unpaired) electrons. The molecule has 0 aliphatic carbocycles. The van der Waals surface area contributed by atoms with Crippen LogP contribution >= 0.6 is 24.0 Å². The summed E-state index contributed by atoms with van der Waals surface area (Å²) in [6.07, 6.45) is 0. The number of para-hydroxylation sites is 1. The van der Waals surface area contributed by atoms with Crippen LogP contribution in [-0.4, -0.2) is 99.1 Å². The molecule has 2 saturated heterocycles. The van der Waals surface area contributed by atoms with Crippen molar-refractivity contribution >= 4 is 41.5 Å². The number of aliphatic imine (C=N–C) groups is 1. The lowest BCUT2D eigenvalue weighted by atomic mass is 10.2. The molecule has 162 valence electrons. The van der Waals surface area contributed by atoms with Gasteiger partial charge in [0.1, 0.15) is 5.82 Å². The fourth-order valence-electron chi connectivity index (χ4n) is 3.81. The van der Waals surface area contributed by atoms with E-state index in [0.29, 0.717) is 5.69 Å². The summed E-state index contributed by atoms with van der Waals surface area (Å²) in [7, 11) is 1.80. The first kappa shape index (κ1) is 23.7. The summed E-state index contributed by atoms with van der Waals surface area (Å²) >= 11 is 0. The molecular formula is C20H32FIN6O. The van der Waals surface area contributed by atoms with Gasteiger partial charge < -0.3 is 20.0 Å². The highest BCUT2D eigenvalue weighted by molar-refractivity contribution is 14.0. The number of amides is 1. The third kappa shape index (κ3) is 6.43. The fourth-order valence-corrected chi connectivity index (χ4v) is 3.81. The number of nitrogens with zero attached hydrogens (tertiary/aromatic N) is 5. The second kappa shape index (κ2) is 11.5. The number of hydrogen-bond acceptors (Lipinski definition) is 4. The number of hydrogen-bond donors (Lipinski definition) is 1. The van der Waals surface area contributed by atoms with Crippen LogP contribution in [-0.2, 0) is 4.79 Å². The van der Waals surface area contributed by atoms with E-state index in [9.17, 15) is 9.18 Å². The molecule has 3 rings (SSSR count). The van der Waals surface area contributed by atoms with Gasteiger partial charge >= 0.3 is 0 Å². The highest BCUT2D eigenvalue weighted by Gasteiger charge is 2.22. The molecule has 1 N–H and O–H groups in total. The summed E-state index contributed by atoms with van der Waals surface area (Å²) in [5.41, 5.74) is 0.676. The van der Waals surface area contributed by atoms with Gasteiger partial charge in [-0.15, -0.1) is 24.0 Å². The van der Waals surface area contributed by atoms with Gasteiger partial charge in [-0.1, -0.05) is 12.1 Å². The number of rotatable bonds is 4. The Morgan fingerprint density at radius 3 is 2.24 bits per heavy atom. The fraction of sp³-hybridized carbons (Fsp3) is 0.600. The van der Waals surface area contributed by atoms with Gasteiger partial charge in [-0.05, 0) is 12.1 Å². The molecule has 2 heterocycles. The van der Waals surface area contributed by atoms with Crippen molar-refractivity contribution in [2.75, 3.05) is 77.4 Å². The first-order chi connectivity index (χ1) is 13.6. The van der Waals surface area contributed by atoms with Crippen LogP contribution in [0.2, 0.25) is 0 Å². The maximum Gasteiger partial charge on any atom is 0.219 e. The Balaban J connectivity index is 0.00000300. The SMILES string of the molecule is CN=C(NCCN1CCN(C(C)=O)CC1)N1CCN(c2ccccc2F)CC1.I. The first-order valence-corrected chi connectivity index (χ1v) is 10.0. The van der Waals surface area contributed by atoms with Crippen LogP contribution in [0.15, 0.2) is 29.3 Å². The summed E-state index contributed by atoms with van der Waals surface area (Å²) in [5.74, 6) is 0.895. The van der Waals surface area contributed by atoms with E-state index in [2.05, 4.69) is 25.0 Å². The molecule has 0 saturated carbocycles. The third-order valence-electron chi connectivity index (χ3n) is 5.51. The molecule has 1 aromatic rings. The summed E-state index contributed by atoms with van der Waals surface area (Å²) in [5, 5.41) is 3.45. The smallest absolute Gasteiger partial charge is 0.219 e. The summed E-state index contributed by atoms with van der Waals surface area (Å²) < 4.78 is 14.0. The molecule has 2 fully saturated rings. The third-order valence-corrected chi connectivity index (χ3v) is 5.51. The van der Waals surface area contributed by atoms with E-state index < -0.39 is 0 Å². The van der Waals surface area contributed by atoms with Gasteiger partial charge in [0.2, 0.25) is 5.91 Å². The average Bonchev–Trinajstić information content (AvgIpc) is 2.72. The number of carbonyl (C=O) groups is 1. The van der Waals surface area contributed by atoms with Crippen molar-refractivity contribution in [2.45, 2.75) is 6.92 Å². The van der Waals surface area contributed by atoms with Crippen molar-refractivity contribution in [3.63, 3.8) is 0 Å². The number of benzene rings is 1. The van der Waals surface area contributed by atoms with Crippen molar-refractivity contribution < 1.29 is 9.18 Å². The molecule has 2 aliphatic rings. The van der Waals surface area contributed by atoms with Crippen LogP contribution in [0.5, 0.6) is 0 Å². The lowest BCUT2D eigenvalue weighted by Gasteiger charge is -2.38. The number of guanidine groups is 1. The zero-order valence-electron chi connectivity index (χ0n) is 17.3. The second-order valence-corrected chi connectivity index (χ2v) is 7.25. The zero-order valence-corrected chi connectivity index (χ0v) is 19.6. The van der Waals surface area contributed by atoms with Crippen molar-refractivity contribution in [3.05, 3.63) is 30.1 Å². The minimum atomic E-state index is -0.164. The van der Waals surface area contributed by atoms with Gasteiger partial charge in [-0.2, -0.15) is 0 Å². The molecule has 0 atom stereocenters. The van der Waals surface area contributed by atoms with E-state index in [1.807, 2.05) is 17.0 Å². The molecule has 1 amide bonds. The second-order valence-electron chi connectivity index (χ2n) is 7.25. The van der Waals surface area contributed by atoms with E-state index in [4.69, 9.17) is 0 Å². The maximum absolute atomic E-state index is 14.0. The van der Waals surface area contributed by atoms with E-state index in [0.717, 1.165) is 71.4 Å². The van der Waals surface area contributed by atoms with Gasteiger partial charge in [0.05, 0.1) is 5.69 Å². The topological polar surface area (TPSA) is 54.4 Å². The first-order valence-electron chi connectivity index (χ1n) is 10.0. The summed E-state index contributed by atoms with van der Waals surface area (Å²) in [4.78, 5) is 24.4. The molecule has 1 aromatic carbocycles. The van der Waals surface area contributed by atoms with Gasteiger partial charge in [0, 0.05) is 79.4 Å². The molecular weight excluding hydrogens is 486 g/mol. The standard InChI is InChI=1S/C20H31FN6O.HI/c1-17(28)25-11-9-24(10-12-25)8-7-23-20(22-2)27-15-13-26(14-16-27)19-6-4-3-5-18(19)21;/h3-6H,7-16H2,1-2H3,(H,22,23);1H. The van der Waals surface area contributed by atoms with Gasteiger partial charge in [0.25, 0.3) is 0 Å². The van der Waals surface area contributed by atoms with Crippen molar-refractivity contribution in [1.82, 2.24) is 20.0 Å². The number of halogens is 2. The number of piperazine rings is 2. The van der Waals surface area contributed by atoms with Crippen LogP contribution < -0.4 is 10.2 Å². The predicted octanol–water partition coefficient (Wildman–Crippen LogP) is 1.31. The Labute approximate surface area is 189 Å². The molecule has 0 spiro atoms. The minimum absolute atomic E-state index is 0. The van der Waals surface area contributed by atoms with Crippen LogP contribution in [0, 0.1) is 5.82 Å². The van der Waals surface area contributed by atoms with Crippen LogP contribution in [0.4, 0.5) is 10.1 Å². The van der Waals surface area contributed by atoms with E-state index >= 15 is 0 Å². The Bertz CT molecular complexity index is 687. The largest absolute Gasteiger partial charge is 0.366 e. The number of carbonyl (C=O) groups excluding carboxylic acids is 1. The zero-order chi connectivity index (χ0) is 19.9. The van der Waals surface area contributed by atoms with Crippen LogP contribution in [0.3, 0.4) is 0 Å². The van der Waals surface area contributed by atoms with E-state index in [-0.39, 0.29) is 35.7 Å². The Hall–Kier alpha value is -1.62. The molecule has 7 nitrogen and oxygen atoms in total. The van der Waals surface area contributed by atoms with Gasteiger partial charge in [-0.3, -0.25) is 14.7 Å². The molecule has 0 bridgehead atoms. The van der Waals surface area contributed by atoms with Gasteiger partial charge in [-0.25, -0.2) is 4.39 Å². The Morgan fingerprint density at radius 1 is 1.03 bits per heavy atom.